The molecule has 1 aromatic rings. The van der Waals surface area contributed by atoms with E-state index in [1.165, 1.54) is 6.92 Å². The van der Waals surface area contributed by atoms with Gasteiger partial charge in [0.25, 0.3) is 0 Å². The highest BCUT2D eigenvalue weighted by Gasteiger charge is 2.14. The van der Waals surface area contributed by atoms with E-state index in [1.54, 1.807) is 23.1 Å². The third kappa shape index (κ3) is 5.76. The second-order valence-electron chi connectivity index (χ2n) is 5.11. The van der Waals surface area contributed by atoms with Gasteiger partial charge in [-0.2, -0.15) is 0 Å². The van der Waals surface area contributed by atoms with Gasteiger partial charge in [0.15, 0.2) is 5.78 Å². The Hall–Kier alpha value is -1.55. The van der Waals surface area contributed by atoms with Crippen molar-refractivity contribution in [1.29, 1.82) is 0 Å². The van der Waals surface area contributed by atoms with Crippen LogP contribution in [0.2, 0.25) is 5.02 Å². The predicted molar refractivity (Wildman–Crippen MR) is 89.3 cm³/mol. The number of carbonyl (C=O) groups is 2. The molecule has 0 saturated carbocycles. The molecule has 4 nitrogen and oxygen atoms in total. The van der Waals surface area contributed by atoms with Crippen LogP contribution in [-0.2, 0) is 0 Å². The number of halogens is 1. The molecule has 0 aromatic heterocycles. The number of carbonyl (C=O) groups excluding carboxylic acids is 2. The SMILES string of the molecule is C.CCN(CC(C)C)C(=O)Nc1ccc(C(C)=O)c(Cl)c1. The molecule has 0 saturated heterocycles. The van der Waals surface area contributed by atoms with Crippen LogP contribution in [0.5, 0.6) is 0 Å². The van der Waals surface area contributed by atoms with Crippen molar-refractivity contribution in [3.63, 3.8) is 0 Å². The Kier molecular flexibility index (Phi) is 8.03. The zero-order chi connectivity index (χ0) is 15.3. The summed E-state index contributed by atoms with van der Waals surface area (Å²) in [4.78, 5) is 25.1. The largest absolute Gasteiger partial charge is 0.325 e. The quantitative estimate of drug-likeness (QED) is 0.802. The van der Waals surface area contributed by atoms with Crippen LogP contribution in [0.25, 0.3) is 0 Å². The van der Waals surface area contributed by atoms with Gasteiger partial charge in [-0.15, -0.1) is 0 Å². The number of hydrogen-bond donors (Lipinski definition) is 1. The molecule has 0 unspecified atom stereocenters. The Morgan fingerprint density at radius 3 is 2.38 bits per heavy atom. The van der Waals surface area contributed by atoms with Crippen molar-refractivity contribution in [3.8, 4) is 0 Å². The Morgan fingerprint density at radius 1 is 1.33 bits per heavy atom. The maximum Gasteiger partial charge on any atom is 0.321 e. The molecular formula is C16H25ClN2O2. The van der Waals surface area contributed by atoms with E-state index in [0.717, 1.165) is 0 Å². The Morgan fingerprint density at radius 2 is 1.95 bits per heavy atom. The van der Waals surface area contributed by atoms with E-state index in [0.29, 0.717) is 35.3 Å². The highest BCUT2D eigenvalue weighted by molar-refractivity contribution is 6.34. The average molecular weight is 313 g/mol. The Bertz CT molecular complexity index is 501. The molecular weight excluding hydrogens is 288 g/mol. The lowest BCUT2D eigenvalue weighted by Crippen LogP contribution is -2.37. The van der Waals surface area contributed by atoms with Gasteiger partial charge < -0.3 is 10.2 Å². The summed E-state index contributed by atoms with van der Waals surface area (Å²) in [6.45, 7) is 8.86. The van der Waals surface area contributed by atoms with Crippen molar-refractivity contribution >= 4 is 29.1 Å². The number of Topliss-reactive ketones (excluding diaryl/α,β-unsaturated/α-hetero) is 1. The van der Waals surface area contributed by atoms with Crippen LogP contribution in [0.4, 0.5) is 10.5 Å². The van der Waals surface area contributed by atoms with Gasteiger partial charge >= 0.3 is 6.03 Å². The van der Waals surface area contributed by atoms with E-state index in [9.17, 15) is 9.59 Å². The molecule has 0 aliphatic rings. The molecule has 0 aliphatic carbocycles. The average Bonchev–Trinajstić information content (AvgIpc) is 2.35. The topological polar surface area (TPSA) is 49.4 Å². The maximum atomic E-state index is 12.1. The Balaban J connectivity index is 0.00000400. The number of urea groups is 1. The van der Waals surface area contributed by atoms with Gasteiger partial charge in [0.2, 0.25) is 0 Å². The fourth-order valence-electron chi connectivity index (χ4n) is 1.88. The third-order valence-corrected chi connectivity index (χ3v) is 3.17. The minimum Gasteiger partial charge on any atom is -0.325 e. The lowest BCUT2D eigenvalue weighted by Gasteiger charge is -2.23. The summed E-state index contributed by atoms with van der Waals surface area (Å²) in [5.74, 6) is 0.312. The molecule has 0 spiro atoms. The van der Waals surface area contributed by atoms with Crippen molar-refractivity contribution in [2.75, 3.05) is 18.4 Å². The van der Waals surface area contributed by atoms with Gasteiger partial charge in [0, 0.05) is 24.3 Å². The standard InChI is InChI=1S/C15H21ClN2O2.CH4/c1-5-18(9-10(2)3)15(20)17-12-6-7-13(11(4)19)14(16)8-12;/h6-8,10H,5,9H2,1-4H3,(H,17,20);1H4. The van der Waals surface area contributed by atoms with Gasteiger partial charge in [-0.25, -0.2) is 4.79 Å². The van der Waals surface area contributed by atoms with E-state index < -0.39 is 0 Å². The fourth-order valence-corrected chi connectivity index (χ4v) is 2.19. The van der Waals surface area contributed by atoms with Crippen molar-refractivity contribution in [2.45, 2.75) is 35.1 Å². The molecule has 0 atom stereocenters. The van der Waals surface area contributed by atoms with Crippen LogP contribution in [0.15, 0.2) is 18.2 Å². The number of hydrogen-bond acceptors (Lipinski definition) is 2. The van der Waals surface area contributed by atoms with Crippen LogP contribution in [0, 0.1) is 5.92 Å². The van der Waals surface area contributed by atoms with Gasteiger partial charge in [0.05, 0.1) is 5.02 Å². The lowest BCUT2D eigenvalue weighted by molar-refractivity contribution is 0.101. The van der Waals surface area contributed by atoms with Crippen LogP contribution in [-0.4, -0.2) is 29.8 Å². The molecule has 21 heavy (non-hydrogen) atoms. The van der Waals surface area contributed by atoms with Crippen molar-refractivity contribution in [2.24, 2.45) is 5.92 Å². The zero-order valence-corrected chi connectivity index (χ0v) is 13.1. The third-order valence-electron chi connectivity index (χ3n) is 2.85. The van der Waals surface area contributed by atoms with Crippen molar-refractivity contribution < 1.29 is 9.59 Å². The number of nitrogens with zero attached hydrogens (tertiary/aromatic N) is 1. The highest BCUT2D eigenvalue weighted by Crippen LogP contribution is 2.21. The second kappa shape index (κ2) is 8.67. The molecule has 0 bridgehead atoms. The molecule has 118 valence electrons. The monoisotopic (exact) mass is 312 g/mol. The predicted octanol–water partition coefficient (Wildman–Crippen LogP) is 4.69. The zero-order valence-electron chi connectivity index (χ0n) is 12.4. The first-order valence-corrected chi connectivity index (χ1v) is 7.09. The first-order valence-electron chi connectivity index (χ1n) is 6.71. The summed E-state index contributed by atoms with van der Waals surface area (Å²) in [5.41, 5.74) is 1.05. The van der Waals surface area contributed by atoms with Crippen molar-refractivity contribution in [1.82, 2.24) is 4.90 Å². The van der Waals surface area contributed by atoms with Gasteiger partial charge in [-0.3, -0.25) is 4.79 Å². The summed E-state index contributed by atoms with van der Waals surface area (Å²) in [6.07, 6.45) is 0. The molecule has 1 rings (SSSR count). The first kappa shape index (κ1) is 19.4. The maximum absolute atomic E-state index is 12.1. The van der Waals surface area contributed by atoms with Crippen LogP contribution < -0.4 is 5.32 Å². The highest BCUT2D eigenvalue weighted by atomic mass is 35.5. The molecule has 0 radical (unpaired) electrons. The molecule has 0 heterocycles. The van der Waals surface area contributed by atoms with E-state index >= 15 is 0 Å². The van der Waals surface area contributed by atoms with Gasteiger partial charge in [-0.1, -0.05) is 32.9 Å². The van der Waals surface area contributed by atoms with Gasteiger partial charge in [-0.05, 0) is 38.0 Å². The summed E-state index contributed by atoms with van der Waals surface area (Å²) in [5, 5.41) is 3.15. The number of rotatable bonds is 5. The first-order chi connectivity index (χ1) is 9.35. The summed E-state index contributed by atoms with van der Waals surface area (Å²) in [7, 11) is 0. The molecule has 5 heteroatoms. The van der Waals surface area contributed by atoms with E-state index in [1.807, 2.05) is 6.92 Å². The lowest BCUT2D eigenvalue weighted by atomic mass is 10.1. The van der Waals surface area contributed by atoms with Crippen molar-refractivity contribution in [3.05, 3.63) is 28.8 Å². The summed E-state index contributed by atoms with van der Waals surface area (Å²) in [6, 6.07) is 4.75. The number of amides is 2. The Labute approximate surface area is 132 Å². The fraction of sp³-hybridized carbons (Fsp3) is 0.500. The van der Waals surface area contributed by atoms with E-state index in [4.69, 9.17) is 11.6 Å². The normalized spacial score (nSPS) is 10.0. The van der Waals surface area contributed by atoms with Crippen LogP contribution in [0.1, 0.15) is 45.5 Å². The molecule has 1 aromatic carbocycles. The molecule has 0 aliphatic heterocycles. The smallest absolute Gasteiger partial charge is 0.321 e. The number of benzene rings is 1. The molecule has 2 amide bonds. The minimum atomic E-state index is -0.159. The van der Waals surface area contributed by atoms with Gasteiger partial charge in [0.1, 0.15) is 0 Å². The van der Waals surface area contributed by atoms with Crippen LogP contribution in [0.3, 0.4) is 0 Å². The summed E-state index contributed by atoms with van der Waals surface area (Å²) >= 11 is 6.02. The number of ketones is 1. The van der Waals surface area contributed by atoms with E-state index in [2.05, 4.69) is 19.2 Å². The summed E-state index contributed by atoms with van der Waals surface area (Å²) < 4.78 is 0. The molecule has 0 fully saturated rings. The number of nitrogens with one attached hydrogen (secondary N) is 1. The molecule has 1 N–H and O–H groups in total. The minimum absolute atomic E-state index is 0. The second-order valence-corrected chi connectivity index (χ2v) is 5.52. The van der Waals surface area contributed by atoms with Crippen LogP contribution >= 0.6 is 11.6 Å². The number of anilines is 1. The van der Waals surface area contributed by atoms with E-state index in [-0.39, 0.29) is 19.2 Å².